The standard InChI is InChI=1S/C14H14N2O3S/c1-10-13(6-4-8-15-10)19-9-11-12(16(17)18)5-3-7-14(11)20-2/h3-8H,9H2,1-2H3. The summed E-state index contributed by atoms with van der Waals surface area (Å²) in [7, 11) is 0. The smallest absolute Gasteiger partial charge is 0.277 e. The van der Waals surface area contributed by atoms with Crippen molar-refractivity contribution in [3.05, 3.63) is 57.9 Å². The van der Waals surface area contributed by atoms with Crippen molar-refractivity contribution in [2.75, 3.05) is 6.26 Å². The molecule has 0 spiro atoms. The Balaban J connectivity index is 2.29. The van der Waals surface area contributed by atoms with Gasteiger partial charge in [0.25, 0.3) is 5.69 Å². The molecule has 0 atom stereocenters. The number of aryl methyl sites for hydroxylation is 1. The second-order valence-electron chi connectivity index (χ2n) is 4.09. The van der Waals surface area contributed by atoms with Gasteiger partial charge in [-0.3, -0.25) is 15.1 Å². The molecule has 0 saturated heterocycles. The van der Waals surface area contributed by atoms with Gasteiger partial charge in [0.05, 0.1) is 16.2 Å². The Labute approximate surface area is 121 Å². The molecule has 0 bridgehead atoms. The molecule has 20 heavy (non-hydrogen) atoms. The van der Waals surface area contributed by atoms with Gasteiger partial charge in [-0.05, 0) is 31.4 Å². The molecule has 0 unspecified atom stereocenters. The summed E-state index contributed by atoms with van der Waals surface area (Å²) in [5.74, 6) is 0.637. The molecule has 0 N–H and O–H groups in total. The zero-order chi connectivity index (χ0) is 14.5. The quantitative estimate of drug-likeness (QED) is 0.478. The van der Waals surface area contributed by atoms with E-state index in [0.717, 1.165) is 10.6 Å². The van der Waals surface area contributed by atoms with Gasteiger partial charge in [-0.1, -0.05) is 6.07 Å². The number of benzene rings is 1. The van der Waals surface area contributed by atoms with Crippen LogP contribution in [-0.2, 0) is 6.61 Å². The monoisotopic (exact) mass is 290 g/mol. The predicted molar refractivity (Wildman–Crippen MR) is 78.2 cm³/mol. The van der Waals surface area contributed by atoms with E-state index < -0.39 is 0 Å². The molecular formula is C14H14N2O3S. The summed E-state index contributed by atoms with van der Waals surface area (Å²) in [5, 5.41) is 11.1. The lowest BCUT2D eigenvalue weighted by molar-refractivity contribution is -0.386. The maximum absolute atomic E-state index is 11.1. The van der Waals surface area contributed by atoms with Crippen molar-refractivity contribution in [1.29, 1.82) is 0 Å². The first kappa shape index (κ1) is 14.3. The number of pyridine rings is 1. The molecule has 6 heteroatoms. The minimum Gasteiger partial charge on any atom is -0.487 e. The van der Waals surface area contributed by atoms with E-state index in [0.29, 0.717) is 11.3 Å². The van der Waals surface area contributed by atoms with Crippen molar-refractivity contribution < 1.29 is 9.66 Å². The molecule has 0 amide bonds. The van der Waals surface area contributed by atoms with Crippen LogP contribution in [0.1, 0.15) is 11.3 Å². The highest BCUT2D eigenvalue weighted by Crippen LogP contribution is 2.30. The molecule has 0 saturated carbocycles. The normalized spacial score (nSPS) is 10.3. The Morgan fingerprint density at radius 1 is 1.35 bits per heavy atom. The molecule has 1 aromatic carbocycles. The molecule has 2 aromatic rings. The summed E-state index contributed by atoms with van der Waals surface area (Å²) < 4.78 is 5.68. The summed E-state index contributed by atoms with van der Waals surface area (Å²) in [6.45, 7) is 1.99. The van der Waals surface area contributed by atoms with Crippen LogP contribution in [0.5, 0.6) is 5.75 Å². The fourth-order valence-corrected chi connectivity index (χ4v) is 2.46. The van der Waals surface area contributed by atoms with Crippen LogP contribution in [0.15, 0.2) is 41.4 Å². The van der Waals surface area contributed by atoms with E-state index in [1.54, 1.807) is 24.4 Å². The molecule has 0 fully saturated rings. The first-order chi connectivity index (χ1) is 9.63. The van der Waals surface area contributed by atoms with E-state index in [2.05, 4.69) is 4.98 Å². The topological polar surface area (TPSA) is 65.3 Å². The third kappa shape index (κ3) is 3.08. The molecule has 2 rings (SSSR count). The average molecular weight is 290 g/mol. The third-order valence-electron chi connectivity index (χ3n) is 2.86. The van der Waals surface area contributed by atoms with Gasteiger partial charge in [0, 0.05) is 17.2 Å². The van der Waals surface area contributed by atoms with Crippen molar-refractivity contribution >= 4 is 17.4 Å². The first-order valence-corrected chi connectivity index (χ1v) is 7.20. The van der Waals surface area contributed by atoms with Gasteiger partial charge in [0.15, 0.2) is 0 Å². The highest BCUT2D eigenvalue weighted by atomic mass is 32.2. The second kappa shape index (κ2) is 6.38. The van der Waals surface area contributed by atoms with Gasteiger partial charge < -0.3 is 4.74 Å². The van der Waals surface area contributed by atoms with E-state index in [9.17, 15) is 10.1 Å². The molecule has 5 nitrogen and oxygen atoms in total. The zero-order valence-corrected chi connectivity index (χ0v) is 12.0. The van der Waals surface area contributed by atoms with E-state index in [4.69, 9.17) is 4.74 Å². The van der Waals surface area contributed by atoms with Gasteiger partial charge in [0.2, 0.25) is 0 Å². The van der Waals surface area contributed by atoms with E-state index in [1.165, 1.54) is 17.8 Å². The Kier molecular flexibility index (Phi) is 4.57. The number of rotatable bonds is 5. The average Bonchev–Trinajstić information content (AvgIpc) is 2.46. The minimum atomic E-state index is -0.380. The van der Waals surface area contributed by atoms with Gasteiger partial charge in [0.1, 0.15) is 12.4 Å². The molecule has 104 valence electrons. The van der Waals surface area contributed by atoms with E-state index in [-0.39, 0.29) is 17.2 Å². The zero-order valence-electron chi connectivity index (χ0n) is 11.2. The van der Waals surface area contributed by atoms with Crippen molar-refractivity contribution in [3.63, 3.8) is 0 Å². The number of ether oxygens (including phenoxy) is 1. The molecule has 1 heterocycles. The van der Waals surface area contributed by atoms with Crippen LogP contribution in [0, 0.1) is 17.0 Å². The number of aromatic nitrogens is 1. The van der Waals surface area contributed by atoms with E-state index >= 15 is 0 Å². The number of thioether (sulfide) groups is 1. The maximum Gasteiger partial charge on any atom is 0.277 e. The molecule has 1 aromatic heterocycles. The van der Waals surface area contributed by atoms with Crippen LogP contribution >= 0.6 is 11.8 Å². The van der Waals surface area contributed by atoms with Crippen molar-refractivity contribution in [1.82, 2.24) is 4.98 Å². The van der Waals surface area contributed by atoms with Crippen molar-refractivity contribution in [2.24, 2.45) is 0 Å². The summed E-state index contributed by atoms with van der Waals surface area (Å²) in [6.07, 6.45) is 3.57. The fourth-order valence-electron chi connectivity index (χ4n) is 1.83. The lowest BCUT2D eigenvalue weighted by Gasteiger charge is -2.11. The summed E-state index contributed by atoms with van der Waals surface area (Å²) in [6, 6.07) is 8.61. The van der Waals surface area contributed by atoms with Crippen LogP contribution in [0.3, 0.4) is 0 Å². The highest BCUT2D eigenvalue weighted by Gasteiger charge is 2.17. The highest BCUT2D eigenvalue weighted by molar-refractivity contribution is 7.98. The SMILES string of the molecule is CSc1cccc([N+](=O)[O-])c1COc1cccnc1C. The van der Waals surface area contributed by atoms with Crippen LogP contribution in [0.25, 0.3) is 0 Å². The number of hydrogen-bond donors (Lipinski definition) is 0. The number of nitro benzene ring substituents is 1. The maximum atomic E-state index is 11.1. The summed E-state index contributed by atoms with van der Waals surface area (Å²) in [4.78, 5) is 15.7. The molecular weight excluding hydrogens is 276 g/mol. The van der Waals surface area contributed by atoms with Crippen LogP contribution in [0.2, 0.25) is 0 Å². The van der Waals surface area contributed by atoms with Crippen LogP contribution < -0.4 is 4.74 Å². The van der Waals surface area contributed by atoms with E-state index in [1.807, 2.05) is 19.2 Å². The van der Waals surface area contributed by atoms with Gasteiger partial charge in [-0.2, -0.15) is 0 Å². The molecule has 0 aliphatic carbocycles. The van der Waals surface area contributed by atoms with Gasteiger partial charge in [-0.25, -0.2) is 0 Å². The molecule has 0 aliphatic rings. The predicted octanol–water partition coefficient (Wildman–Crippen LogP) is 3.60. The van der Waals surface area contributed by atoms with Crippen LogP contribution in [-0.4, -0.2) is 16.2 Å². The largest absolute Gasteiger partial charge is 0.487 e. The molecule has 0 radical (unpaired) electrons. The number of hydrogen-bond acceptors (Lipinski definition) is 5. The third-order valence-corrected chi connectivity index (χ3v) is 3.68. The van der Waals surface area contributed by atoms with Crippen LogP contribution in [0.4, 0.5) is 5.69 Å². The Morgan fingerprint density at radius 3 is 2.80 bits per heavy atom. The fraction of sp³-hybridized carbons (Fsp3) is 0.214. The molecule has 0 aliphatic heterocycles. The Morgan fingerprint density at radius 2 is 2.15 bits per heavy atom. The van der Waals surface area contributed by atoms with Gasteiger partial charge in [-0.15, -0.1) is 11.8 Å². The first-order valence-electron chi connectivity index (χ1n) is 5.98. The Hall–Kier alpha value is -2.08. The number of nitrogens with zero attached hydrogens (tertiary/aromatic N) is 2. The lowest BCUT2D eigenvalue weighted by atomic mass is 10.2. The Bertz CT molecular complexity index is 632. The lowest BCUT2D eigenvalue weighted by Crippen LogP contribution is -2.03. The van der Waals surface area contributed by atoms with Crippen molar-refractivity contribution in [3.8, 4) is 5.75 Å². The van der Waals surface area contributed by atoms with Gasteiger partial charge >= 0.3 is 0 Å². The van der Waals surface area contributed by atoms with Crippen molar-refractivity contribution in [2.45, 2.75) is 18.4 Å². The second-order valence-corrected chi connectivity index (χ2v) is 4.94. The number of nitro groups is 1. The summed E-state index contributed by atoms with van der Waals surface area (Å²) >= 11 is 1.47. The minimum absolute atomic E-state index is 0.0818. The summed E-state index contributed by atoms with van der Waals surface area (Å²) in [5.41, 5.74) is 1.43.